The van der Waals surface area contributed by atoms with Crippen molar-refractivity contribution in [3.8, 4) is 0 Å². The summed E-state index contributed by atoms with van der Waals surface area (Å²) >= 11 is 0. The molecule has 0 spiro atoms. The molecule has 0 aliphatic rings. The minimum atomic E-state index is -0.887. The largest absolute Gasteiger partial charge is 0.579 e. The van der Waals surface area contributed by atoms with Gasteiger partial charge in [-0.1, -0.05) is 0 Å². The molecule has 1 atom stereocenters. The van der Waals surface area contributed by atoms with E-state index in [-0.39, 0.29) is 5.54 Å². The van der Waals surface area contributed by atoms with Gasteiger partial charge in [-0.25, -0.2) is 0 Å². The first-order valence-corrected chi connectivity index (χ1v) is 2.82. The second kappa shape index (κ2) is 2.62. The van der Waals surface area contributed by atoms with Gasteiger partial charge in [0.05, 0.1) is 5.54 Å². The van der Waals surface area contributed by atoms with Crippen molar-refractivity contribution in [2.75, 3.05) is 7.05 Å². The van der Waals surface area contributed by atoms with Gasteiger partial charge in [0.15, 0.2) is 0 Å². The fraction of sp³-hybridized carbons (Fsp3) is 1.00. The second-order valence-electron chi connectivity index (χ2n) is 3.01. The van der Waals surface area contributed by atoms with E-state index in [1.807, 2.05) is 20.8 Å². The molecule has 0 amide bonds. The average molecular weight is 134 g/mol. The third-order valence-electron chi connectivity index (χ3n) is 1.29. The molecule has 2 N–H and O–H groups in total. The highest BCUT2D eigenvalue weighted by molar-refractivity contribution is 4.64. The van der Waals surface area contributed by atoms with E-state index < -0.39 is 5.34 Å². The van der Waals surface area contributed by atoms with Gasteiger partial charge in [0, 0.05) is 7.05 Å². The summed E-state index contributed by atoms with van der Waals surface area (Å²) in [6.45, 7) is 5.54. The highest BCUT2D eigenvalue weighted by Crippen LogP contribution is 2.03. The van der Waals surface area contributed by atoms with Gasteiger partial charge >= 0.3 is 0 Å². The summed E-state index contributed by atoms with van der Waals surface area (Å²) in [6.07, 6.45) is 0. The van der Waals surface area contributed by atoms with Crippen molar-refractivity contribution in [2.24, 2.45) is 0 Å². The summed E-state index contributed by atoms with van der Waals surface area (Å²) in [5, 5.41) is 19.1. The smallest absolute Gasteiger partial charge is 0.0644 e. The molecule has 0 saturated carbocycles. The maximum atomic E-state index is 10.3. The number of rotatable bonds is 1. The first-order valence-electron chi connectivity index (χ1n) is 2.82. The number of hydrogen-bond donors (Lipinski definition) is 2. The van der Waals surface area contributed by atoms with Gasteiger partial charge in [-0.3, -0.25) is 0 Å². The molecule has 1 unspecified atom stereocenters. The van der Waals surface area contributed by atoms with E-state index in [0.717, 1.165) is 0 Å². The highest BCUT2D eigenvalue weighted by atomic mass is 16.8. The van der Waals surface area contributed by atoms with Crippen LogP contribution in [0.3, 0.4) is 0 Å². The van der Waals surface area contributed by atoms with Crippen LogP contribution >= 0.6 is 0 Å². The topological polar surface area (TPSA) is 51.0 Å². The Bertz CT molecular complexity index is 87.4. The van der Waals surface area contributed by atoms with Crippen LogP contribution in [-0.2, 0) is 0 Å². The van der Waals surface area contributed by atoms with E-state index in [2.05, 4.69) is 0 Å². The maximum Gasteiger partial charge on any atom is 0.0644 e. The molecule has 0 radical (unpaired) electrons. The van der Waals surface area contributed by atoms with Crippen LogP contribution in [0.25, 0.3) is 0 Å². The third-order valence-corrected chi connectivity index (χ3v) is 1.29. The lowest BCUT2D eigenvalue weighted by molar-refractivity contribution is -1.15. The van der Waals surface area contributed by atoms with E-state index in [4.69, 9.17) is 5.21 Å². The summed E-state index contributed by atoms with van der Waals surface area (Å²) in [5.41, 5.74) is -0.286. The molecule has 0 aromatic carbocycles. The zero-order valence-corrected chi connectivity index (χ0v) is 6.30. The van der Waals surface area contributed by atoms with Crippen LogP contribution in [0.15, 0.2) is 0 Å². The summed E-state index contributed by atoms with van der Waals surface area (Å²) in [6, 6.07) is 0. The molecule has 56 valence electrons. The molecule has 4 nitrogen and oxygen atoms in total. The van der Waals surface area contributed by atoms with Crippen LogP contribution in [0.2, 0.25) is 0 Å². The van der Waals surface area contributed by atoms with Crippen LogP contribution in [0.5, 0.6) is 0 Å². The van der Waals surface area contributed by atoms with Crippen LogP contribution in [0, 0.1) is 5.21 Å². The molecule has 0 fully saturated rings. The van der Waals surface area contributed by atoms with Gasteiger partial charge < -0.3 is 5.21 Å². The van der Waals surface area contributed by atoms with Crippen LogP contribution in [-0.4, -0.2) is 22.8 Å². The molecular formula is C5H14N2O2. The molecule has 0 aromatic heterocycles. The van der Waals surface area contributed by atoms with Crippen molar-refractivity contribution in [3.05, 3.63) is 5.21 Å². The number of hydrogen-bond acceptors (Lipinski definition) is 3. The SMILES string of the molecule is CN([NH+]([O-])O)C(C)(C)C. The minimum Gasteiger partial charge on any atom is -0.579 e. The Morgan fingerprint density at radius 1 is 1.44 bits per heavy atom. The Morgan fingerprint density at radius 2 is 1.78 bits per heavy atom. The van der Waals surface area contributed by atoms with Gasteiger partial charge in [-0.05, 0) is 20.8 Å². The summed E-state index contributed by atoms with van der Waals surface area (Å²) in [7, 11) is 1.56. The fourth-order valence-corrected chi connectivity index (χ4v) is 0.287. The normalized spacial score (nSPS) is 16.3. The summed E-state index contributed by atoms with van der Waals surface area (Å²) in [4.78, 5) is 0. The third kappa shape index (κ3) is 2.76. The summed E-state index contributed by atoms with van der Waals surface area (Å²) in [5.74, 6) is 0. The van der Waals surface area contributed by atoms with Crippen molar-refractivity contribution < 1.29 is 10.5 Å². The summed E-state index contributed by atoms with van der Waals surface area (Å²) < 4.78 is 0. The molecule has 9 heavy (non-hydrogen) atoms. The van der Waals surface area contributed by atoms with Gasteiger partial charge in [0.25, 0.3) is 0 Å². The number of nitrogens with zero attached hydrogens (tertiary/aromatic N) is 1. The van der Waals surface area contributed by atoms with Crippen molar-refractivity contribution in [1.82, 2.24) is 5.01 Å². The molecular weight excluding hydrogens is 120 g/mol. The monoisotopic (exact) mass is 134 g/mol. The predicted molar refractivity (Wildman–Crippen MR) is 33.6 cm³/mol. The van der Waals surface area contributed by atoms with Crippen LogP contribution in [0.4, 0.5) is 0 Å². The van der Waals surface area contributed by atoms with E-state index in [0.29, 0.717) is 0 Å². The molecule has 0 aliphatic heterocycles. The van der Waals surface area contributed by atoms with Crippen molar-refractivity contribution in [3.63, 3.8) is 0 Å². The van der Waals surface area contributed by atoms with Crippen molar-refractivity contribution >= 4 is 0 Å². The lowest BCUT2D eigenvalue weighted by atomic mass is 10.1. The molecule has 0 aliphatic carbocycles. The van der Waals surface area contributed by atoms with Gasteiger partial charge in [-0.15, -0.1) is 10.3 Å². The van der Waals surface area contributed by atoms with E-state index in [1.54, 1.807) is 7.05 Å². The van der Waals surface area contributed by atoms with Crippen molar-refractivity contribution in [2.45, 2.75) is 26.3 Å². The van der Waals surface area contributed by atoms with Gasteiger partial charge in [0.2, 0.25) is 0 Å². The zero-order valence-electron chi connectivity index (χ0n) is 6.30. The standard InChI is InChI=1S/C5H14N2O2/c1-5(2,3)6(4)7(8)9/h7-8H,1-4H3. The Hall–Kier alpha value is -0.160. The molecule has 0 saturated heterocycles. The molecule has 0 bridgehead atoms. The molecule has 4 heteroatoms. The Balaban J connectivity index is 3.88. The fourth-order valence-electron chi connectivity index (χ4n) is 0.287. The molecule has 0 heterocycles. The minimum absolute atomic E-state index is 0.286. The first kappa shape index (κ1) is 8.84. The van der Waals surface area contributed by atoms with Gasteiger partial charge in [0.1, 0.15) is 0 Å². The quantitative estimate of drug-likeness (QED) is 0.471. The Kier molecular flexibility index (Phi) is 2.57. The number of nitrogens with one attached hydrogen (secondary N) is 1. The zero-order chi connectivity index (χ0) is 7.65. The molecule has 0 rings (SSSR count). The lowest BCUT2D eigenvalue weighted by Crippen LogP contribution is -3.13. The van der Waals surface area contributed by atoms with E-state index >= 15 is 0 Å². The lowest BCUT2D eigenvalue weighted by Gasteiger charge is -2.33. The average Bonchev–Trinajstić information content (AvgIpc) is 1.62. The van der Waals surface area contributed by atoms with E-state index in [9.17, 15) is 5.21 Å². The Morgan fingerprint density at radius 3 is 1.78 bits per heavy atom. The molecule has 0 aromatic rings. The van der Waals surface area contributed by atoms with E-state index in [1.165, 1.54) is 5.01 Å². The van der Waals surface area contributed by atoms with Crippen molar-refractivity contribution in [1.29, 1.82) is 0 Å². The van der Waals surface area contributed by atoms with Crippen LogP contribution in [0.1, 0.15) is 20.8 Å². The van der Waals surface area contributed by atoms with Crippen LogP contribution < -0.4 is 5.34 Å². The number of quaternary nitrogens is 1. The Labute approximate surface area is 55.2 Å². The highest BCUT2D eigenvalue weighted by Gasteiger charge is 2.21. The first-order chi connectivity index (χ1) is 3.85. The second-order valence-corrected chi connectivity index (χ2v) is 3.01. The van der Waals surface area contributed by atoms with Gasteiger partial charge in [-0.2, -0.15) is 5.21 Å². The predicted octanol–water partition coefficient (Wildman–Crippen LogP) is -0.596. The maximum absolute atomic E-state index is 10.3.